The van der Waals surface area contributed by atoms with Gasteiger partial charge < -0.3 is 10.2 Å². The third kappa shape index (κ3) is 4.36. The first kappa shape index (κ1) is 23.7. The summed E-state index contributed by atoms with van der Waals surface area (Å²) in [5.74, 6) is 1.04. The molecule has 1 aromatic heterocycles. The molecule has 0 amide bonds. The molecule has 0 aliphatic rings. The quantitative estimate of drug-likeness (QED) is 0.277. The highest BCUT2D eigenvalue weighted by Gasteiger charge is 2.28. The normalized spacial score (nSPS) is 12.5. The second-order valence-corrected chi connectivity index (χ2v) is 11.8. The van der Waals surface area contributed by atoms with Crippen molar-refractivity contribution in [3.63, 3.8) is 0 Å². The Labute approximate surface area is 208 Å². The number of nitrogens with zero attached hydrogens (tertiary/aromatic N) is 2. The van der Waals surface area contributed by atoms with E-state index in [0.29, 0.717) is 22.2 Å². The molecule has 6 heteroatoms. The molecule has 0 bridgehead atoms. The molecule has 2 N–H and O–H groups in total. The van der Waals surface area contributed by atoms with Crippen LogP contribution < -0.4 is 0 Å². The second-order valence-electron chi connectivity index (χ2n) is 10.5. The molecule has 0 fully saturated rings. The number of hydrogen-bond acceptors (Lipinski definition) is 3. The van der Waals surface area contributed by atoms with Crippen LogP contribution in [0.25, 0.3) is 28.1 Å². The van der Waals surface area contributed by atoms with E-state index in [1.807, 2.05) is 41.0 Å². The molecular formula is C27H28BrClN2O2. The average Bonchev–Trinajstić information content (AvgIpc) is 3.06. The van der Waals surface area contributed by atoms with Crippen molar-refractivity contribution in [2.75, 3.05) is 0 Å². The van der Waals surface area contributed by atoms with E-state index < -0.39 is 0 Å². The zero-order chi connectivity index (χ0) is 24.3. The lowest BCUT2D eigenvalue weighted by atomic mass is 9.79. The summed E-state index contributed by atoms with van der Waals surface area (Å²) in [7, 11) is 0. The molecule has 4 aromatic rings. The lowest BCUT2D eigenvalue weighted by Crippen LogP contribution is -2.18. The molecule has 0 radical (unpaired) electrons. The summed E-state index contributed by atoms with van der Waals surface area (Å²) in [6.45, 7) is 12.5. The van der Waals surface area contributed by atoms with Crippen molar-refractivity contribution >= 4 is 38.6 Å². The monoisotopic (exact) mass is 526 g/mol. The highest BCUT2D eigenvalue weighted by Crippen LogP contribution is 2.43. The van der Waals surface area contributed by atoms with Gasteiger partial charge in [0.1, 0.15) is 17.3 Å². The average molecular weight is 528 g/mol. The fraction of sp³-hybridized carbons (Fsp3) is 0.296. The number of rotatable bonds is 2. The topological polar surface area (TPSA) is 58.3 Å². The maximum absolute atomic E-state index is 11.2. The third-order valence-corrected chi connectivity index (χ3v) is 6.51. The molecule has 0 saturated heterocycles. The SMILES string of the molecule is CC(C)(C)c1cc(-n2c(-c3cc(Br)ccc3O)nc3cc(Cl)ccc32)cc(C(C)(C)C)c1O. The van der Waals surface area contributed by atoms with Gasteiger partial charge in [-0.1, -0.05) is 69.1 Å². The Morgan fingerprint density at radius 2 is 1.45 bits per heavy atom. The summed E-state index contributed by atoms with van der Waals surface area (Å²) < 4.78 is 2.86. The van der Waals surface area contributed by atoms with Gasteiger partial charge >= 0.3 is 0 Å². The molecule has 0 aliphatic carbocycles. The van der Waals surface area contributed by atoms with Crippen LogP contribution in [0.2, 0.25) is 5.02 Å². The Kier molecular flexibility index (Phi) is 5.78. The number of aromatic nitrogens is 2. The fourth-order valence-corrected chi connectivity index (χ4v) is 4.60. The Hall–Kier alpha value is -2.50. The molecule has 3 aromatic carbocycles. The Bertz CT molecular complexity index is 1340. The van der Waals surface area contributed by atoms with E-state index in [9.17, 15) is 10.2 Å². The van der Waals surface area contributed by atoms with Gasteiger partial charge in [-0.3, -0.25) is 4.57 Å². The summed E-state index contributed by atoms with van der Waals surface area (Å²) in [6, 6.07) is 14.9. The van der Waals surface area contributed by atoms with Gasteiger partial charge in [0, 0.05) is 26.3 Å². The molecule has 1 heterocycles. The van der Waals surface area contributed by atoms with Crippen LogP contribution in [0.15, 0.2) is 53.0 Å². The van der Waals surface area contributed by atoms with Crippen molar-refractivity contribution in [2.45, 2.75) is 52.4 Å². The predicted molar refractivity (Wildman–Crippen MR) is 140 cm³/mol. The third-order valence-electron chi connectivity index (χ3n) is 5.78. The maximum atomic E-state index is 11.2. The van der Waals surface area contributed by atoms with Gasteiger partial charge in [-0.05, 0) is 59.4 Å². The Balaban J connectivity index is 2.15. The van der Waals surface area contributed by atoms with Crippen LogP contribution in [0.3, 0.4) is 0 Å². The first-order valence-corrected chi connectivity index (χ1v) is 12.0. The van der Waals surface area contributed by atoms with Gasteiger partial charge in [0.2, 0.25) is 0 Å². The minimum absolute atomic E-state index is 0.131. The minimum atomic E-state index is -0.280. The van der Waals surface area contributed by atoms with E-state index in [1.165, 1.54) is 0 Å². The molecule has 172 valence electrons. The van der Waals surface area contributed by atoms with Crippen molar-refractivity contribution < 1.29 is 10.2 Å². The van der Waals surface area contributed by atoms with Gasteiger partial charge in [-0.2, -0.15) is 0 Å². The molecule has 4 rings (SSSR count). The Morgan fingerprint density at radius 1 is 0.848 bits per heavy atom. The number of benzene rings is 3. The predicted octanol–water partition coefficient (Wildman–Crippen LogP) is 8.11. The number of phenolic OH excluding ortho intramolecular Hbond substituents is 2. The van der Waals surface area contributed by atoms with E-state index in [-0.39, 0.29) is 16.6 Å². The van der Waals surface area contributed by atoms with Crippen LogP contribution in [0, 0.1) is 0 Å². The summed E-state index contributed by atoms with van der Waals surface area (Å²) in [5.41, 5.74) is 4.19. The number of aromatic hydroxyl groups is 2. The molecule has 0 atom stereocenters. The van der Waals surface area contributed by atoms with Crippen molar-refractivity contribution in [2.24, 2.45) is 0 Å². The van der Waals surface area contributed by atoms with Crippen LogP contribution in [0.4, 0.5) is 0 Å². The smallest absolute Gasteiger partial charge is 0.149 e. The highest BCUT2D eigenvalue weighted by molar-refractivity contribution is 9.10. The van der Waals surface area contributed by atoms with E-state index >= 15 is 0 Å². The van der Waals surface area contributed by atoms with Crippen LogP contribution in [0.5, 0.6) is 11.5 Å². The molecule has 0 saturated carbocycles. The van der Waals surface area contributed by atoms with Gasteiger partial charge in [-0.15, -0.1) is 0 Å². The van der Waals surface area contributed by atoms with E-state index in [4.69, 9.17) is 16.6 Å². The molecule has 0 spiro atoms. The largest absolute Gasteiger partial charge is 0.507 e. The van der Waals surface area contributed by atoms with E-state index in [0.717, 1.165) is 32.3 Å². The maximum Gasteiger partial charge on any atom is 0.149 e. The zero-order valence-electron chi connectivity index (χ0n) is 19.7. The molecule has 4 nitrogen and oxygen atoms in total. The summed E-state index contributed by atoms with van der Waals surface area (Å²) >= 11 is 9.79. The number of phenols is 2. The van der Waals surface area contributed by atoms with E-state index in [2.05, 4.69) is 57.5 Å². The Morgan fingerprint density at radius 3 is 2.03 bits per heavy atom. The second kappa shape index (κ2) is 8.07. The van der Waals surface area contributed by atoms with Crippen LogP contribution in [0.1, 0.15) is 52.7 Å². The van der Waals surface area contributed by atoms with Crippen LogP contribution >= 0.6 is 27.5 Å². The van der Waals surface area contributed by atoms with Crippen molar-refractivity contribution in [3.8, 4) is 28.6 Å². The van der Waals surface area contributed by atoms with Gasteiger partial charge in [0.05, 0.1) is 16.6 Å². The molecule has 0 unspecified atom stereocenters. The van der Waals surface area contributed by atoms with Crippen molar-refractivity contribution in [1.82, 2.24) is 9.55 Å². The molecular weight excluding hydrogens is 500 g/mol. The van der Waals surface area contributed by atoms with Gasteiger partial charge in [-0.25, -0.2) is 4.98 Å². The fourth-order valence-electron chi connectivity index (χ4n) is 4.07. The van der Waals surface area contributed by atoms with Crippen LogP contribution in [-0.4, -0.2) is 19.8 Å². The molecule has 33 heavy (non-hydrogen) atoms. The highest BCUT2D eigenvalue weighted by atomic mass is 79.9. The zero-order valence-corrected chi connectivity index (χ0v) is 22.0. The minimum Gasteiger partial charge on any atom is -0.507 e. The lowest BCUT2D eigenvalue weighted by molar-refractivity contribution is 0.423. The summed E-state index contributed by atoms with van der Waals surface area (Å²) in [4.78, 5) is 4.86. The number of hydrogen-bond donors (Lipinski definition) is 2. The number of halogens is 2. The van der Waals surface area contributed by atoms with Gasteiger partial charge in [0.25, 0.3) is 0 Å². The van der Waals surface area contributed by atoms with Crippen LogP contribution in [-0.2, 0) is 10.8 Å². The lowest BCUT2D eigenvalue weighted by Gasteiger charge is -2.28. The van der Waals surface area contributed by atoms with Crippen molar-refractivity contribution in [3.05, 3.63) is 69.2 Å². The van der Waals surface area contributed by atoms with Gasteiger partial charge in [0.15, 0.2) is 0 Å². The number of imidazole rings is 1. The standard InChI is InChI=1S/C27H28BrClN2O2/c1-26(2,3)19-13-17(14-20(24(19)33)27(4,5)6)31-22-9-8-16(29)12-21(22)30-25(31)18-11-15(28)7-10-23(18)32/h7-14,32-33H,1-6H3. The first-order valence-electron chi connectivity index (χ1n) is 10.8. The summed E-state index contributed by atoms with van der Waals surface area (Å²) in [5, 5.41) is 22.5. The molecule has 0 aliphatic heterocycles. The number of fused-ring (bicyclic) bond motifs is 1. The van der Waals surface area contributed by atoms with Crippen molar-refractivity contribution in [1.29, 1.82) is 0 Å². The van der Waals surface area contributed by atoms with E-state index in [1.54, 1.807) is 12.1 Å². The first-order chi connectivity index (χ1) is 15.3. The summed E-state index contributed by atoms with van der Waals surface area (Å²) in [6.07, 6.45) is 0.